The highest BCUT2D eigenvalue weighted by atomic mass is 15.3. The molecule has 0 aromatic carbocycles. The van der Waals surface area contributed by atoms with Crippen LogP contribution in [0, 0.1) is 5.92 Å². The molecule has 84 valence electrons. The Morgan fingerprint density at radius 2 is 2.40 bits per heavy atom. The van der Waals surface area contributed by atoms with Crippen LogP contribution in [0.5, 0.6) is 0 Å². The van der Waals surface area contributed by atoms with Gasteiger partial charge in [0, 0.05) is 6.54 Å². The first-order chi connectivity index (χ1) is 7.40. The van der Waals surface area contributed by atoms with Crippen LogP contribution < -0.4 is 5.32 Å². The average molecular weight is 208 g/mol. The SMILES string of the molecule is CCCn1ncnc1CNCC1CCC1. The summed E-state index contributed by atoms with van der Waals surface area (Å²) in [7, 11) is 0. The van der Waals surface area contributed by atoms with Gasteiger partial charge in [-0.3, -0.25) is 0 Å². The van der Waals surface area contributed by atoms with E-state index < -0.39 is 0 Å². The molecule has 4 heteroatoms. The van der Waals surface area contributed by atoms with Gasteiger partial charge in [0.05, 0.1) is 6.54 Å². The quantitative estimate of drug-likeness (QED) is 0.771. The molecule has 2 rings (SSSR count). The van der Waals surface area contributed by atoms with E-state index in [1.807, 2.05) is 4.68 Å². The monoisotopic (exact) mass is 208 g/mol. The molecule has 0 bridgehead atoms. The zero-order valence-corrected chi connectivity index (χ0v) is 9.45. The Balaban J connectivity index is 1.73. The number of nitrogens with zero attached hydrogens (tertiary/aromatic N) is 3. The number of rotatable bonds is 6. The molecule has 1 N–H and O–H groups in total. The van der Waals surface area contributed by atoms with Crippen LogP contribution in [0.15, 0.2) is 6.33 Å². The van der Waals surface area contributed by atoms with Crippen LogP contribution in [0.25, 0.3) is 0 Å². The van der Waals surface area contributed by atoms with Gasteiger partial charge in [0.1, 0.15) is 12.2 Å². The highest BCUT2D eigenvalue weighted by Gasteiger charge is 2.16. The van der Waals surface area contributed by atoms with E-state index in [0.29, 0.717) is 0 Å². The summed E-state index contributed by atoms with van der Waals surface area (Å²) in [6.45, 7) is 5.13. The molecular formula is C11H20N4. The Morgan fingerprint density at radius 1 is 1.53 bits per heavy atom. The van der Waals surface area contributed by atoms with E-state index in [1.165, 1.54) is 19.3 Å². The van der Waals surface area contributed by atoms with Gasteiger partial charge in [0.25, 0.3) is 0 Å². The molecule has 1 aliphatic rings. The van der Waals surface area contributed by atoms with Gasteiger partial charge in [0.2, 0.25) is 0 Å². The van der Waals surface area contributed by atoms with Gasteiger partial charge in [-0.2, -0.15) is 5.10 Å². The van der Waals surface area contributed by atoms with Crippen molar-refractivity contribution in [2.45, 2.75) is 45.7 Å². The van der Waals surface area contributed by atoms with Gasteiger partial charge in [-0.15, -0.1) is 0 Å². The summed E-state index contributed by atoms with van der Waals surface area (Å²) < 4.78 is 1.99. The second-order valence-corrected chi connectivity index (χ2v) is 4.33. The first-order valence-electron chi connectivity index (χ1n) is 5.97. The highest BCUT2D eigenvalue weighted by molar-refractivity contribution is 4.84. The molecule has 0 radical (unpaired) electrons. The smallest absolute Gasteiger partial charge is 0.140 e. The summed E-state index contributed by atoms with van der Waals surface area (Å²) >= 11 is 0. The lowest BCUT2D eigenvalue weighted by Gasteiger charge is -2.25. The van der Waals surface area contributed by atoms with Crippen molar-refractivity contribution in [2.24, 2.45) is 5.92 Å². The molecule has 1 aromatic rings. The molecular weight excluding hydrogens is 188 g/mol. The van der Waals surface area contributed by atoms with Crippen LogP contribution in [0.3, 0.4) is 0 Å². The lowest BCUT2D eigenvalue weighted by Crippen LogP contribution is -2.28. The van der Waals surface area contributed by atoms with E-state index in [1.54, 1.807) is 6.33 Å². The second-order valence-electron chi connectivity index (χ2n) is 4.33. The van der Waals surface area contributed by atoms with E-state index in [0.717, 1.165) is 37.8 Å². The van der Waals surface area contributed by atoms with Crippen LogP contribution in [-0.4, -0.2) is 21.3 Å². The largest absolute Gasteiger partial charge is 0.310 e. The van der Waals surface area contributed by atoms with Crippen LogP contribution in [0.2, 0.25) is 0 Å². The van der Waals surface area contributed by atoms with E-state index in [9.17, 15) is 0 Å². The first kappa shape index (κ1) is 10.6. The fourth-order valence-electron chi connectivity index (χ4n) is 1.91. The van der Waals surface area contributed by atoms with E-state index in [2.05, 4.69) is 22.3 Å². The first-order valence-corrected chi connectivity index (χ1v) is 5.97. The zero-order valence-electron chi connectivity index (χ0n) is 9.45. The number of hydrogen-bond acceptors (Lipinski definition) is 3. The van der Waals surface area contributed by atoms with Crippen molar-refractivity contribution in [3.63, 3.8) is 0 Å². The number of aromatic nitrogens is 3. The van der Waals surface area contributed by atoms with Crippen molar-refractivity contribution in [1.29, 1.82) is 0 Å². The standard InChI is InChI=1S/C11H20N4/c1-2-6-15-11(13-9-14-15)8-12-7-10-4-3-5-10/h9-10,12H,2-8H2,1H3. The molecule has 15 heavy (non-hydrogen) atoms. The normalized spacial score (nSPS) is 16.6. The molecule has 0 atom stereocenters. The van der Waals surface area contributed by atoms with Crippen LogP contribution in [0.4, 0.5) is 0 Å². The van der Waals surface area contributed by atoms with Crippen LogP contribution >= 0.6 is 0 Å². The van der Waals surface area contributed by atoms with E-state index in [-0.39, 0.29) is 0 Å². The highest BCUT2D eigenvalue weighted by Crippen LogP contribution is 2.25. The average Bonchev–Trinajstić information content (AvgIpc) is 2.58. The van der Waals surface area contributed by atoms with Gasteiger partial charge in [-0.05, 0) is 31.7 Å². The predicted octanol–water partition coefficient (Wildman–Crippen LogP) is 1.58. The molecule has 4 nitrogen and oxygen atoms in total. The molecule has 0 spiro atoms. The Hall–Kier alpha value is -0.900. The summed E-state index contributed by atoms with van der Waals surface area (Å²) in [6, 6.07) is 0. The molecule has 0 unspecified atom stereocenters. The molecule has 0 amide bonds. The number of aryl methyl sites for hydroxylation is 1. The van der Waals surface area contributed by atoms with Crippen molar-refractivity contribution in [2.75, 3.05) is 6.54 Å². The Labute approximate surface area is 91.1 Å². The third-order valence-corrected chi connectivity index (χ3v) is 3.07. The van der Waals surface area contributed by atoms with Crippen molar-refractivity contribution >= 4 is 0 Å². The minimum atomic E-state index is 0.858. The molecule has 0 saturated heterocycles. The van der Waals surface area contributed by atoms with Crippen molar-refractivity contribution in [1.82, 2.24) is 20.1 Å². The van der Waals surface area contributed by atoms with Gasteiger partial charge >= 0.3 is 0 Å². The maximum absolute atomic E-state index is 4.26. The minimum absolute atomic E-state index is 0.858. The van der Waals surface area contributed by atoms with Crippen molar-refractivity contribution < 1.29 is 0 Å². The van der Waals surface area contributed by atoms with Gasteiger partial charge in [0.15, 0.2) is 0 Å². The Kier molecular flexibility index (Phi) is 3.72. The summed E-state index contributed by atoms with van der Waals surface area (Å²) in [5.41, 5.74) is 0. The zero-order chi connectivity index (χ0) is 10.5. The Bertz CT molecular complexity index is 291. The maximum atomic E-state index is 4.26. The van der Waals surface area contributed by atoms with E-state index in [4.69, 9.17) is 0 Å². The summed E-state index contributed by atoms with van der Waals surface area (Å²) in [5.74, 6) is 1.98. The van der Waals surface area contributed by atoms with Crippen molar-refractivity contribution in [3.8, 4) is 0 Å². The summed E-state index contributed by atoms with van der Waals surface area (Å²) in [4.78, 5) is 4.26. The maximum Gasteiger partial charge on any atom is 0.140 e. The van der Waals surface area contributed by atoms with Gasteiger partial charge in [-0.1, -0.05) is 13.3 Å². The second kappa shape index (κ2) is 5.26. The number of nitrogens with one attached hydrogen (secondary N) is 1. The van der Waals surface area contributed by atoms with Crippen LogP contribution in [-0.2, 0) is 13.1 Å². The summed E-state index contributed by atoms with van der Waals surface area (Å²) in [5, 5.41) is 7.67. The topological polar surface area (TPSA) is 42.7 Å². The lowest BCUT2D eigenvalue weighted by atomic mass is 9.85. The molecule has 0 aliphatic heterocycles. The predicted molar refractivity (Wildman–Crippen MR) is 59.4 cm³/mol. The van der Waals surface area contributed by atoms with Gasteiger partial charge < -0.3 is 5.32 Å². The van der Waals surface area contributed by atoms with E-state index >= 15 is 0 Å². The molecule has 1 aromatic heterocycles. The molecule has 1 saturated carbocycles. The van der Waals surface area contributed by atoms with Gasteiger partial charge in [-0.25, -0.2) is 9.67 Å². The fourth-order valence-corrected chi connectivity index (χ4v) is 1.91. The lowest BCUT2D eigenvalue weighted by molar-refractivity contribution is 0.299. The van der Waals surface area contributed by atoms with Crippen molar-refractivity contribution in [3.05, 3.63) is 12.2 Å². The molecule has 1 heterocycles. The third kappa shape index (κ3) is 2.78. The minimum Gasteiger partial charge on any atom is -0.310 e. The third-order valence-electron chi connectivity index (χ3n) is 3.07. The van der Waals surface area contributed by atoms with Crippen LogP contribution in [0.1, 0.15) is 38.4 Å². The summed E-state index contributed by atoms with van der Waals surface area (Å²) in [6.07, 6.45) is 6.97. The number of hydrogen-bond donors (Lipinski definition) is 1. The fraction of sp³-hybridized carbons (Fsp3) is 0.818. The molecule has 1 fully saturated rings. The molecule has 1 aliphatic carbocycles. The Morgan fingerprint density at radius 3 is 3.07 bits per heavy atom.